The number of nitrogens with zero attached hydrogens (tertiary/aromatic N) is 5. The van der Waals surface area contributed by atoms with E-state index in [4.69, 9.17) is 11.6 Å². The number of carbonyl (C=O) groups is 1. The summed E-state index contributed by atoms with van der Waals surface area (Å²) in [4.78, 5) is 14.6. The summed E-state index contributed by atoms with van der Waals surface area (Å²) in [6.45, 7) is 0.306. The summed E-state index contributed by atoms with van der Waals surface area (Å²) in [7, 11) is 1.82. The Hall–Kier alpha value is -3.00. The van der Waals surface area contributed by atoms with E-state index in [0.29, 0.717) is 23.6 Å². The number of rotatable bonds is 5. The molecule has 1 aliphatic rings. The summed E-state index contributed by atoms with van der Waals surface area (Å²) in [5, 5.41) is 14.0. The second-order valence-electron chi connectivity index (χ2n) is 6.23. The summed E-state index contributed by atoms with van der Waals surface area (Å²) in [6, 6.07) is 7.33. The topological polar surface area (TPSA) is 79.7 Å². The zero-order valence-corrected chi connectivity index (χ0v) is 15.2. The molecule has 1 aromatic carbocycles. The molecule has 27 heavy (non-hydrogen) atoms. The summed E-state index contributed by atoms with van der Waals surface area (Å²) in [5.41, 5.74) is 2.57. The predicted octanol–water partition coefficient (Wildman–Crippen LogP) is 2.78. The van der Waals surface area contributed by atoms with Crippen LogP contribution in [-0.4, -0.2) is 42.5 Å². The van der Waals surface area contributed by atoms with Gasteiger partial charge < -0.3 is 4.90 Å². The van der Waals surface area contributed by atoms with Crippen LogP contribution in [0.1, 0.15) is 33.4 Å². The SMILES string of the molecule is Cn1ncc(Cl)c1C[C@H]1c2ccccc2C(=O)N1C/C=C/c1n[nH]nc1F. The van der Waals surface area contributed by atoms with E-state index in [2.05, 4.69) is 20.5 Å². The number of halogens is 2. The van der Waals surface area contributed by atoms with Gasteiger partial charge in [-0.05, 0) is 17.7 Å². The standard InChI is InChI=1S/C18H16ClFN6O/c1-25-16(13(19)10-21-25)9-15-11-5-2-3-6-12(11)18(27)26(15)8-4-7-14-17(20)23-24-22-14/h2-7,10,15H,8-9H2,1H3,(H,22,23,24)/b7-4+/t15-/m0/s1. The van der Waals surface area contributed by atoms with Gasteiger partial charge in [-0.1, -0.05) is 35.9 Å². The number of hydrogen-bond acceptors (Lipinski definition) is 4. The maximum absolute atomic E-state index is 13.4. The van der Waals surface area contributed by atoms with Gasteiger partial charge in [-0.3, -0.25) is 9.48 Å². The third-order valence-corrected chi connectivity index (χ3v) is 5.01. The fourth-order valence-electron chi connectivity index (χ4n) is 3.34. The quantitative estimate of drug-likeness (QED) is 0.731. The van der Waals surface area contributed by atoms with E-state index in [1.807, 2.05) is 31.3 Å². The van der Waals surface area contributed by atoms with Crippen molar-refractivity contribution in [2.75, 3.05) is 6.54 Å². The van der Waals surface area contributed by atoms with Crippen molar-refractivity contribution < 1.29 is 9.18 Å². The molecule has 1 aliphatic heterocycles. The van der Waals surface area contributed by atoms with Crippen LogP contribution < -0.4 is 0 Å². The maximum Gasteiger partial charge on any atom is 0.259 e. The highest BCUT2D eigenvalue weighted by atomic mass is 35.5. The molecule has 9 heteroatoms. The summed E-state index contributed by atoms with van der Waals surface area (Å²) < 4.78 is 15.1. The van der Waals surface area contributed by atoms with Crippen LogP contribution in [0.2, 0.25) is 5.02 Å². The Morgan fingerprint density at radius 2 is 2.15 bits per heavy atom. The van der Waals surface area contributed by atoms with Crippen LogP contribution in [0.3, 0.4) is 0 Å². The summed E-state index contributed by atoms with van der Waals surface area (Å²) in [6.07, 6.45) is 5.33. The number of aryl methyl sites for hydroxylation is 1. The number of aromatic amines is 1. The van der Waals surface area contributed by atoms with Gasteiger partial charge >= 0.3 is 0 Å². The largest absolute Gasteiger partial charge is 0.327 e. The lowest BCUT2D eigenvalue weighted by atomic mass is 10.0. The van der Waals surface area contributed by atoms with E-state index in [1.54, 1.807) is 21.9 Å². The average molecular weight is 387 g/mol. The average Bonchev–Trinajstić information content (AvgIpc) is 3.30. The fraction of sp³-hybridized carbons (Fsp3) is 0.222. The fourth-order valence-corrected chi connectivity index (χ4v) is 3.58. The molecule has 1 N–H and O–H groups in total. The van der Waals surface area contributed by atoms with Gasteiger partial charge in [0, 0.05) is 25.6 Å². The lowest BCUT2D eigenvalue weighted by molar-refractivity contribution is 0.0746. The van der Waals surface area contributed by atoms with E-state index >= 15 is 0 Å². The van der Waals surface area contributed by atoms with Crippen molar-refractivity contribution in [3.63, 3.8) is 0 Å². The number of aromatic nitrogens is 5. The monoisotopic (exact) mass is 386 g/mol. The van der Waals surface area contributed by atoms with Crippen LogP contribution in [-0.2, 0) is 13.5 Å². The molecule has 0 fully saturated rings. The van der Waals surface area contributed by atoms with Crippen molar-refractivity contribution in [1.29, 1.82) is 0 Å². The van der Waals surface area contributed by atoms with Gasteiger partial charge in [-0.25, -0.2) is 0 Å². The lowest BCUT2D eigenvalue weighted by Gasteiger charge is -2.24. The Morgan fingerprint density at radius 1 is 1.33 bits per heavy atom. The van der Waals surface area contributed by atoms with E-state index in [9.17, 15) is 9.18 Å². The second kappa shape index (κ2) is 6.96. The Balaban J connectivity index is 1.63. The van der Waals surface area contributed by atoms with Gasteiger partial charge in [0.1, 0.15) is 5.69 Å². The van der Waals surface area contributed by atoms with Crippen molar-refractivity contribution >= 4 is 23.6 Å². The number of fused-ring (bicyclic) bond motifs is 1. The minimum absolute atomic E-state index is 0.0702. The Labute approximate surface area is 159 Å². The van der Waals surface area contributed by atoms with Crippen LogP contribution >= 0.6 is 11.6 Å². The summed E-state index contributed by atoms with van der Waals surface area (Å²) in [5.74, 6) is -0.750. The van der Waals surface area contributed by atoms with Gasteiger partial charge in [0.05, 0.1) is 23.0 Å². The van der Waals surface area contributed by atoms with E-state index in [0.717, 1.165) is 11.3 Å². The number of nitrogens with one attached hydrogen (secondary N) is 1. The van der Waals surface area contributed by atoms with Gasteiger partial charge in [0.25, 0.3) is 11.9 Å². The molecular weight excluding hydrogens is 371 g/mol. The van der Waals surface area contributed by atoms with Crippen molar-refractivity contribution in [2.45, 2.75) is 12.5 Å². The van der Waals surface area contributed by atoms with Crippen LogP contribution in [0.25, 0.3) is 6.08 Å². The summed E-state index contributed by atoms with van der Waals surface area (Å²) >= 11 is 6.26. The molecule has 4 rings (SSSR count). The molecule has 2 aromatic heterocycles. The smallest absolute Gasteiger partial charge is 0.259 e. The first kappa shape index (κ1) is 17.4. The highest BCUT2D eigenvalue weighted by Crippen LogP contribution is 2.36. The third-order valence-electron chi connectivity index (χ3n) is 4.69. The van der Waals surface area contributed by atoms with Gasteiger partial charge in [-0.2, -0.15) is 19.8 Å². The van der Waals surface area contributed by atoms with Gasteiger partial charge in [0.2, 0.25) is 0 Å². The molecule has 138 valence electrons. The first-order valence-electron chi connectivity index (χ1n) is 8.35. The Kier molecular flexibility index (Phi) is 4.49. The molecule has 7 nitrogen and oxygen atoms in total. The second-order valence-corrected chi connectivity index (χ2v) is 6.64. The first-order valence-corrected chi connectivity index (χ1v) is 8.73. The molecule has 0 spiro atoms. The molecule has 3 heterocycles. The molecule has 0 unspecified atom stereocenters. The molecule has 0 radical (unpaired) electrons. The van der Waals surface area contributed by atoms with E-state index < -0.39 is 5.95 Å². The zero-order chi connectivity index (χ0) is 19.0. The normalized spacial score (nSPS) is 16.5. The number of hydrogen-bond donors (Lipinski definition) is 1. The number of H-pyrrole nitrogens is 1. The molecule has 0 saturated carbocycles. The molecule has 3 aromatic rings. The highest BCUT2D eigenvalue weighted by molar-refractivity contribution is 6.31. The number of amides is 1. The minimum Gasteiger partial charge on any atom is -0.327 e. The molecular formula is C18H16ClFN6O. The lowest BCUT2D eigenvalue weighted by Crippen LogP contribution is -2.30. The Bertz CT molecular complexity index is 1010. The van der Waals surface area contributed by atoms with Gasteiger partial charge in [-0.15, -0.1) is 5.10 Å². The van der Waals surface area contributed by atoms with Crippen molar-refractivity contribution in [1.82, 2.24) is 30.1 Å². The first-order chi connectivity index (χ1) is 13.1. The van der Waals surface area contributed by atoms with Crippen molar-refractivity contribution in [3.05, 3.63) is 70.0 Å². The van der Waals surface area contributed by atoms with Crippen LogP contribution in [0, 0.1) is 5.95 Å². The van der Waals surface area contributed by atoms with Gasteiger partial charge in [0.15, 0.2) is 0 Å². The van der Waals surface area contributed by atoms with Crippen molar-refractivity contribution in [2.24, 2.45) is 7.05 Å². The minimum atomic E-state index is -0.680. The molecule has 0 aliphatic carbocycles. The highest BCUT2D eigenvalue weighted by Gasteiger charge is 2.36. The van der Waals surface area contributed by atoms with Crippen LogP contribution in [0.4, 0.5) is 4.39 Å². The van der Waals surface area contributed by atoms with E-state index in [1.165, 1.54) is 6.08 Å². The van der Waals surface area contributed by atoms with Crippen LogP contribution in [0.15, 0.2) is 36.5 Å². The van der Waals surface area contributed by atoms with Crippen LogP contribution in [0.5, 0.6) is 0 Å². The molecule has 0 saturated heterocycles. The van der Waals surface area contributed by atoms with E-state index in [-0.39, 0.29) is 17.6 Å². The Morgan fingerprint density at radius 3 is 2.85 bits per heavy atom. The third kappa shape index (κ3) is 3.12. The number of carbonyl (C=O) groups excluding carboxylic acids is 1. The number of benzene rings is 1. The predicted molar refractivity (Wildman–Crippen MR) is 97.5 cm³/mol. The van der Waals surface area contributed by atoms with Crippen molar-refractivity contribution in [3.8, 4) is 0 Å². The zero-order valence-electron chi connectivity index (χ0n) is 14.4. The molecule has 0 bridgehead atoms. The maximum atomic E-state index is 13.4. The molecule has 1 amide bonds. The molecule has 1 atom stereocenters.